The van der Waals surface area contributed by atoms with E-state index in [9.17, 15) is 0 Å². The fourth-order valence-electron chi connectivity index (χ4n) is 3.35. The van der Waals surface area contributed by atoms with Gasteiger partial charge in [0.1, 0.15) is 0 Å². The van der Waals surface area contributed by atoms with Gasteiger partial charge in [-0.15, -0.1) is 0 Å². The monoisotopic (exact) mass is 279 g/mol. The number of hydrogen-bond acceptors (Lipinski definition) is 2. The molecule has 1 unspecified atom stereocenters. The van der Waals surface area contributed by atoms with E-state index in [1.54, 1.807) is 0 Å². The number of rotatable bonds is 3. The zero-order chi connectivity index (χ0) is 13.5. The van der Waals surface area contributed by atoms with Crippen molar-refractivity contribution in [1.29, 1.82) is 0 Å². The van der Waals surface area contributed by atoms with E-state index < -0.39 is 0 Å². The minimum atomic E-state index is 0.0586. The number of benzene rings is 1. The highest BCUT2D eigenvalue weighted by Gasteiger charge is 2.43. The molecule has 1 aromatic carbocycles. The predicted molar refractivity (Wildman–Crippen MR) is 78.8 cm³/mol. The zero-order valence-corrected chi connectivity index (χ0v) is 12.5. The van der Waals surface area contributed by atoms with Crippen LogP contribution >= 0.6 is 11.6 Å². The quantitative estimate of drug-likeness (QED) is 0.914. The van der Waals surface area contributed by atoms with Crippen LogP contribution in [0.2, 0.25) is 5.02 Å². The van der Waals surface area contributed by atoms with Crippen LogP contribution in [0, 0.1) is 0 Å². The summed E-state index contributed by atoms with van der Waals surface area (Å²) in [6.45, 7) is 6.49. The SMILES string of the molecule is CC1(C)CCC(CC2(c3ccc(Cl)cc3)CNC2)O1. The fourth-order valence-corrected chi connectivity index (χ4v) is 3.48. The number of nitrogens with one attached hydrogen (secondary N) is 1. The summed E-state index contributed by atoms with van der Waals surface area (Å²) in [5, 5.41) is 4.23. The van der Waals surface area contributed by atoms with Gasteiger partial charge in [-0.05, 0) is 50.8 Å². The Morgan fingerprint density at radius 3 is 2.42 bits per heavy atom. The molecule has 1 N–H and O–H groups in total. The first-order valence-electron chi connectivity index (χ1n) is 7.14. The maximum atomic E-state index is 6.17. The summed E-state index contributed by atoms with van der Waals surface area (Å²) in [6, 6.07) is 8.33. The average molecular weight is 280 g/mol. The fraction of sp³-hybridized carbons (Fsp3) is 0.625. The maximum absolute atomic E-state index is 6.17. The molecular weight excluding hydrogens is 258 g/mol. The molecule has 3 rings (SSSR count). The van der Waals surface area contributed by atoms with Crippen LogP contribution in [-0.2, 0) is 10.2 Å². The maximum Gasteiger partial charge on any atom is 0.0631 e. The molecule has 0 amide bonds. The van der Waals surface area contributed by atoms with Crippen LogP contribution in [0.1, 0.15) is 38.7 Å². The Labute approximate surface area is 120 Å². The highest BCUT2D eigenvalue weighted by molar-refractivity contribution is 6.30. The third-order valence-electron chi connectivity index (χ3n) is 4.56. The topological polar surface area (TPSA) is 21.3 Å². The van der Waals surface area contributed by atoms with Crippen molar-refractivity contribution in [2.24, 2.45) is 0 Å². The van der Waals surface area contributed by atoms with Gasteiger partial charge in [0.2, 0.25) is 0 Å². The minimum Gasteiger partial charge on any atom is -0.372 e. The molecule has 2 nitrogen and oxygen atoms in total. The Morgan fingerprint density at radius 2 is 1.95 bits per heavy atom. The average Bonchev–Trinajstić information content (AvgIpc) is 2.65. The van der Waals surface area contributed by atoms with Crippen LogP contribution in [0.25, 0.3) is 0 Å². The molecule has 2 aliphatic rings. The summed E-state index contributed by atoms with van der Waals surface area (Å²) in [6.07, 6.45) is 3.86. The van der Waals surface area contributed by atoms with Crippen molar-refractivity contribution in [3.63, 3.8) is 0 Å². The van der Waals surface area contributed by atoms with Gasteiger partial charge in [0, 0.05) is 23.5 Å². The molecule has 3 heteroatoms. The molecule has 0 bridgehead atoms. The van der Waals surface area contributed by atoms with Gasteiger partial charge in [-0.3, -0.25) is 0 Å². The summed E-state index contributed by atoms with van der Waals surface area (Å²) in [4.78, 5) is 0. The van der Waals surface area contributed by atoms with Gasteiger partial charge < -0.3 is 10.1 Å². The molecule has 1 atom stereocenters. The highest BCUT2D eigenvalue weighted by Crippen LogP contribution is 2.40. The van der Waals surface area contributed by atoms with Gasteiger partial charge in [-0.1, -0.05) is 23.7 Å². The first-order chi connectivity index (χ1) is 8.99. The van der Waals surface area contributed by atoms with Crippen molar-refractivity contribution in [2.45, 2.75) is 50.2 Å². The lowest BCUT2D eigenvalue weighted by molar-refractivity contribution is -0.0318. The lowest BCUT2D eigenvalue weighted by Crippen LogP contribution is -2.58. The first kappa shape index (κ1) is 13.4. The molecule has 2 fully saturated rings. The Morgan fingerprint density at radius 1 is 1.26 bits per heavy atom. The van der Waals surface area contributed by atoms with Crippen LogP contribution in [0.5, 0.6) is 0 Å². The van der Waals surface area contributed by atoms with Crippen LogP contribution in [0.15, 0.2) is 24.3 Å². The van der Waals surface area contributed by atoms with Crippen molar-refractivity contribution in [1.82, 2.24) is 5.32 Å². The summed E-state index contributed by atoms with van der Waals surface area (Å²) in [5.74, 6) is 0. The number of halogens is 1. The summed E-state index contributed by atoms with van der Waals surface area (Å²) in [5.41, 5.74) is 1.70. The summed E-state index contributed by atoms with van der Waals surface area (Å²) >= 11 is 5.99. The molecule has 104 valence electrons. The van der Waals surface area contributed by atoms with Crippen LogP contribution in [-0.4, -0.2) is 24.8 Å². The zero-order valence-electron chi connectivity index (χ0n) is 11.7. The van der Waals surface area contributed by atoms with Crippen LogP contribution in [0.3, 0.4) is 0 Å². The van der Waals surface area contributed by atoms with Gasteiger partial charge in [-0.2, -0.15) is 0 Å². The van der Waals surface area contributed by atoms with E-state index in [-0.39, 0.29) is 11.0 Å². The molecule has 0 aromatic heterocycles. The molecule has 0 aliphatic carbocycles. The molecule has 0 spiro atoms. The van der Waals surface area contributed by atoms with E-state index in [1.807, 2.05) is 12.1 Å². The normalized spacial score (nSPS) is 28.1. The van der Waals surface area contributed by atoms with Crippen molar-refractivity contribution < 1.29 is 4.74 Å². The first-order valence-corrected chi connectivity index (χ1v) is 7.52. The minimum absolute atomic E-state index is 0.0586. The van der Waals surface area contributed by atoms with Gasteiger partial charge in [0.25, 0.3) is 0 Å². The molecule has 1 aromatic rings. The van der Waals surface area contributed by atoms with E-state index in [0.717, 1.165) is 24.5 Å². The molecule has 0 radical (unpaired) electrons. The highest BCUT2D eigenvalue weighted by atomic mass is 35.5. The Hall–Kier alpha value is -0.570. The predicted octanol–water partition coefficient (Wildman–Crippen LogP) is 3.53. The second-order valence-electron chi connectivity index (χ2n) is 6.63. The second kappa shape index (κ2) is 4.76. The van der Waals surface area contributed by atoms with Crippen molar-refractivity contribution in [3.05, 3.63) is 34.9 Å². The van der Waals surface area contributed by atoms with E-state index in [0.29, 0.717) is 6.10 Å². The van der Waals surface area contributed by atoms with Gasteiger partial charge >= 0.3 is 0 Å². The summed E-state index contributed by atoms with van der Waals surface area (Å²) < 4.78 is 6.17. The van der Waals surface area contributed by atoms with Gasteiger partial charge in [0.15, 0.2) is 0 Å². The number of ether oxygens (including phenoxy) is 1. The molecule has 0 saturated carbocycles. The van der Waals surface area contributed by atoms with Gasteiger partial charge in [-0.25, -0.2) is 0 Å². The Balaban J connectivity index is 1.75. The summed E-state index contributed by atoms with van der Waals surface area (Å²) in [7, 11) is 0. The van der Waals surface area contributed by atoms with Gasteiger partial charge in [0.05, 0.1) is 11.7 Å². The second-order valence-corrected chi connectivity index (χ2v) is 7.07. The standard InChI is InChI=1S/C16H22ClNO/c1-15(2)8-7-14(19-15)9-16(10-18-11-16)12-3-5-13(17)6-4-12/h3-6,14,18H,7-11H2,1-2H3. The van der Waals surface area contributed by atoms with E-state index in [2.05, 4.69) is 31.3 Å². The molecule has 2 saturated heterocycles. The smallest absolute Gasteiger partial charge is 0.0631 e. The number of hydrogen-bond donors (Lipinski definition) is 1. The lowest BCUT2D eigenvalue weighted by atomic mass is 9.71. The third kappa shape index (κ3) is 2.67. The van der Waals surface area contributed by atoms with Crippen molar-refractivity contribution >= 4 is 11.6 Å². The van der Waals surface area contributed by atoms with Crippen LogP contribution in [0.4, 0.5) is 0 Å². The van der Waals surface area contributed by atoms with E-state index >= 15 is 0 Å². The molecule has 2 aliphatic heterocycles. The Kier molecular flexibility index (Phi) is 3.36. The molecular formula is C16H22ClNO. The van der Waals surface area contributed by atoms with Crippen molar-refractivity contribution in [3.8, 4) is 0 Å². The third-order valence-corrected chi connectivity index (χ3v) is 4.81. The molecule has 2 heterocycles. The van der Waals surface area contributed by atoms with Crippen LogP contribution < -0.4 is 5.32 Å². The lowest BCUT2D eigenvalue weighted by Gasteiger charge is -2.45. The largest absolute Gasteiger partial charge is 0.372 e. The molecule has 19 heavy (non-hydrogen) atoms. The van der Waals surface area contributed by atoms with Crippen molar-refractivity contribution in [2.75, 3.05) is 13.1 Å². The van der Waals surface area contributed by atoms with E-state index in [4.69, 9.17) is 16.3 Å². The van der Waals surface area contributed by atoms with E-state index in [1.165, 1.54) is 18.4 Å². The Bertz CT molecular complexity index is 450.